The molecule has 0 saturated heterocycles. The van der Waals surface area contributed by atoms with E-state index in [1.165, 1.54) is 6.07 Å². The van der Waals surface area contributed by atoms with Crippen LogP contribution in [-0.4, -0.2) is 17.7 Å². The highest BCUT2D eigenvalue weighted by Crippen LogP contribution is 2.26. The average molecular weight is 286 g/mol. The molecular weight excluding hydrogens is 268 g/mol. The van der Waals surface area contributed by atoms with Crippen molar-refractivity contribution in [1.29, 1.82) is 0 Å². The number of hydrogen-bond acceptors (Lipinski definition) is 4. The van der Waals surface area contributed by atoms with Crippen molar-refractivity contribution in [2.45, 2.75) is 13.8 Å². The molecule has 0 atom stereocenters. The van der Waals surface area contributed by atoms with Crippen molar-refractivity contribution in [2.24, 2.45) is 0 Å². The minimum Gasteiger partial charge on any atom is -0.494 e. The topological polar surface area (TPSA) is 84.6 Å². The van der Waals surface area contributed by atoms with Gasteiger partial charge in [0, 0.05) is 17.1 Å². The lowest BCUT2D eigenvalue weighted by atomic mass is 10.1. The lowest BCUT2D eigenvalue weighted by Crippen LogP contribution is -2.05. The molecular formula is C16H18N2O3. The number of carboxylic acid groups (broad SMARTS) is 1. The molecule has 0 aliphatic rings. The van der Waals surface area contributed by atoms with E-state index in [-0.39, 0.29) is 5.56 Å². The predicted molar refractivity (Wildman–Crippen MR) is 83.4 cm³/mol. The van der Waals surface area contributed by atoms with Crippen molar-refractivity contribution < 1.29 is 14.6 Å². The molecule has 5 heteroatoms. The molecule has 2 aromatic carbocycles. The molecule has 0 aliphatic heterocycles. The van der Waals surface area contributed by atoms with Crippen molar-refractivity contribution in [3.63, 3.8) is 0 Å². The van der Waals surface area contributed by atoms with Gasteiger partial charge in [-0.3, -0.25) is 0 Å². The quantitative estimate of drug-likeness (QED) is 0.733. The first-order valence-electron chi connectivity index (χ1n) is 6.64. The number of rotatable bonds is 5. The molecule has 0 heterocycles. The molecule has 0 bridgehead atoms. The number of nitrogens with two attached hydrogens (primary N) is 1. The molecule has 2 aromatic rings. The summed E-state index contributed by atoms with van der Waals surface area (Å²) in [6.45, 7) is 4.33. The zero-order valence-corrected chi connectivity index (χ0v) is 12.0. The Morgan fingerprint density at radius 1 is 1.24 bits per heavy atom. The molecule has 0 saturated carbocycles. The molecule has 0 aliphatic carbocycles. The summed E-state index contributed by atoms with van der Waals surface area (Å²) in [6, 6.07) is 10.8. The molecule has 21 heavy (non-hydrogen) atoms. The van der Waals surface area contributed by atoms with Crippen LogP contribution in [0.3, 0.4) is 0 Å². The normalized spacial score (nSPS) is 10.2. The predicted octanol–water partition coefficient (Wildman–Crippen LogP) is 3.42. The van der Waals surface area contributed by atoms with Gasteiger partial charge in [-0.15, -0.1) is 0 Å². The van der Waals surface area contributed by atoms with Gasteiger partial charge in [0.15, 0.2) is 0 Å². The Morgan fingerprint density at radius 3 is 2.48 bits per heavy atom. The standard InChI is InChI=1S/C16H18N2O3/c1-3-21-13-6-4-11(5-7-13)18-12-8-10(2)15(17)14(9-12)16(19)20/h4-9,18H,3,17H2,1-2H3,(H,19,20). The van der Waals surface area contributed by atoms with Crippen LogP contribution in [0.4, 0.5) is 17.1 Å². The molecule has 4 N–H and O–H groups in total. The fourth-order valence-corrected chi connectivity index (χ4v) is 2.02. The molecule has 0 unspecified atom stereocenters. The summed E-state index contributed by atoms with van der Waals surface area (Å²) >= 11 is 0. The Morgan fingerprint density at radius 2 is 1.90 bits per heavy atom. The van der Waals surface area contributed by atoms with Crippen LogP contribution in [0.25, 0.3) is 0 Å². The summed E-state index contributed by atoms with van der Waals surface area (Å²) in [5.74, 6) is -0.242. The Kier molecular flexibility index (Phi) is 4.33. The van der Waals surface area contributed by atoms with E-state index >= 15 is 0 Å². The first-order valence-corrected chi connectivity index (χ1v) is 6.64. The van der Waals surface area contributed by atoms with Crippen LogP contribution >= 0.6 is 0 Å². The fraction of sp³-hybridized carbons (Fsp3) is 0.188. The number of nitrogens with one attached hydrogen (secondary N) is 1. The van der Waals surface area contributed by atoms with E-state index in [4.69, 9.17) is 15.6 Å². The minimum atomic E-state index is -1.04. The van der Waals surface area contributed by atoms with Crippen LogP contribution in [0.15, 0.2) is 36.4 Å². The monoisotopic (exact) mass is 286 g/mol. The van der Waals surface area contributed by atoms with Crippen molar-refractivity contribution in [1.82, 2.24) is 0 Å². The van der Waals surface area contributed by atoms with E-state index < -0.39 is 5.97 Å². The van der Waals surface area contributed by atoms with Gasteiger partial charge in [-0.2, -0.15) is 0 Å². The second-order valence-electron chi connectivity index (χ2n) is 4.64. The highest BCUT2D eigenvalue weighted by atomic mass is 16.5. The van der Waals surface area contributed by atoms with E-state index in [0.717, 1.165) is 17.0 Å². The Labute approximate surface area is 123 Å². The number of benzene rings is 2. The maximum Gasteiger partial charge on any atom is 0.337 e. The van der Waals surface area contributed by atoms with Crippen molar-refractivity contribution in [2.75, 3.05) is 17.7 Å². The van der Waals surface area contributed by atoms with Crippen LogP contribution in [0.2, 0.25) is 0 Å². The Balaban J connectivity index is 2.25. The van der Waals surface area contributed by atoms with E-state index in [0.29, 0.717) is 18.0 Å². The second-order valence-corrected chi connectivity index (χ2v) is 4.64. The summed E-state index contributed by atoms with van der Waals surface area (Å²) in [6.07, 6.45) is 0. The van der Waals surface area contributed by atoms with Gasteiger partial charge in [-0.25, -0.2) is 4.79 Å². The third-order valence-electron chi connectivity index (χ3n) is 3.07. The Hall–Kier alpha value is -2.69. The molecule has 0 spiro atoms. The zero-order valence-electron chi connectivity index (χ0n) is 12.0. The third kappa shape index (κ3) is 3.45. The first kappa shape index (κ1) is 14.7. The van der Waals surface area contributed by atoms with E-state index in [1.807, 2.05) is 37.3 Å². The fourth-order valence-electron chi connectivity index (χ4n) is 2.02. The van der Waals surface area contributed by atoms with E-state index in [9.17, 15) is 4.79 Å². The van der Waals surface area contributed by atoms with Gasteiger partial charge in [0.1, 0.15) is 5.75 Å². The largest absolute Gasteiger partial charge is 0.494 e. The van der Waals surface area contributed by atoms with Crippen LogP contribution in [0.5, 0.6) is 5.75 Å². The molecule has 0 aromatic heterocycles. The van der Waals surface area contributed by atoms with Gasteiger partial charge < -0.3 is 20.9 Å². The molecule has 5 nitrogen and oxygen atoms in total. The van der Waals surface area contributed by atoms with Crippen molar-refractivity contribution in [3.8, 4) is 5.75 Å². The molecule has 0 fully saturated rings. The lowest BCUT2D eigenvalue weighted by molar-refractivity contribution is 0.0698. The smallest absolute Gasteiger partial charge is 0.337 e. The number of anilines is 3. The summed E-state index contributed by atoms with van der Waals surface area (Å²) in [5, 5.41) is 12.3. The van der Waals surface area contributed by atoms with Crippen molar-refractivity contribution >= 4 is 23.0 Å². The van der Waals surface area contributed by atoms with Crippen LogP contribution in [0.1, 0.15) is 22.8 Å². The maximum atomic E-state index is 11.2. The van der Waals surface area contributed by atoms with Gasteiger partial charge in [-0.05, 0) is 55.8 Å². The van der Waals surface area contributed by atoms with Gasteiger partial charge in [-0.1, -0.05) is 0 Å². The average Bonchev–Trinajstić information content (AvgIpc) is 2.45. The summed E-state index contributed by atoms with van der Waals surface area (Å²) < 4.78 is 5.37. The van der Waals surface area contributed by atoms with Gasteiger partial charge in [0.2, 0.25) is 0 Å². The number of hydrogen-bond donors (Lipinski definition) is 3. The molecule has 0 amide bonds. The number of nitrogen functional groups attached to an aromatic ring is 1. The molecule has 110 valence electrons. The van der Waals surface area contributed by atoms with Crippen LogP contribution in [0, 0.1) is 6.92 Å². The number of ether oxygens (including phenoxy) is 1. The van der Waals surface area contributed by atoms with Gasteiger partial charge in [0.25, 0.3) is 0 Å². The Bertz CT molecular complexity index is 651. The summed E-state index contributed by atoms with van der Waals surface area (Å²) in [4.78, 5) is 11.2. The second kappa shape index (κ2) is 6.17. The number of aryl methyl sites for hydroxylation is 1. The minimum absolute atomic E-state index is 0.100. The number of aromatic carboxylic acids is 1. The highest BCUT2D eigenvalue weighted by molar-refractivity contribution is 5.96. The highest BCUT2D eigenvalue weighted by Gasteiger charge is 2.11. The van der Waals surface area contributed by atoms with E-state index in [1.54, 1.807) is 6.92 Å². The molecule has 0 radical (unpaired) electrons. The first-order chi connectivity index (χ1) is 10.0. The lowest BCUT2D eigenvalue weighted by Gasteiger charge is -2.12. The van der Waals surface area contributed by atoms with E-state index in [2.05, 4.69) is 5.32 Å². The van der Waals surface area contributed by atoms with Crippen LogP contribution < -0.4 is 15.8 Å². The van der Waals surface area contributed by atoms with Crippen molar-refractivity contribution in [3.05, 3.63) is 47.5 Å². The maximum absolute atomic E-state index is 11.2. The molecule has 2 rings (SSSR count). The van der Waals surface area contributed by atoms with Crippen LogP contribution in [-0.2, 0) is 0 Å². The summed E-state index contributed by atoms with van der Waals surface area (Å²) in [5.41, 5.74) is 8.42. The van der Waals surface area contributed by atoms with Gasteiger partial charge >= 0.3 is 5.97 Å². The third-order valence-corrected chi connectivity index (χ3v) is 3.07. The number of carboxylic acids is 1. The van der Waals surface area contributed by atoms with Gasteiger partial charge in [0.05, 0.1) is 12.2 Å². The SMILES string of the molecule is CCOc1ccc(Nc2cc(C)c(N)c(C(=O)O)c2)cc1. The number of carbonyl (C=O) groups is 1. The zero-order chi connectivity index (χ0) is 15.4. The summed E-state index contributed by atoms with van der Waals surface area (Å²) in [7, 11) is 0.